The highest BCUT2D eigenvalue weighted by Gasteiger charge is 2.54. The molecule has 0 radical (unpaired) electrons. The van der Waals surface area contributed by atoms with E-state index in [1.54, 1.807) is 6.92 Å². The molecule has 0 heterocycles. The fourth-order valence-electron chi connectivity index (χ4n) is 6.88. The van der Waals surface area contributed by atoms with Crippen molar-refractivity contribution in [1.29, 1.82) is 0 Å². The zero-order valence-corrected chi connectivity index (χ0v) is 15.7. The van der Waals surface area contributed by atoms with E-state index in [2.05, 4.69) is 11.4 Å². The highest BCUT2D eigenvalue weighted by atomic mass is 16.2. The van der Waals surface area contributed by atoms with Crippen molar-refractivity contribution in [1.82, 2.24) is 5.32 Å². The van der Waals surface area contributed by atoms with Crippen molar-refractivity contribution in [2.24, 2.45) is 23.2 Å². The van der Waals surface area contributed by atoms with Crippen LogP contribution in [0.25, 0.3) is 0 Å². The first-order valence-corrected chi connectivity index (χ1v) is 10.5. The Bertz CT molecular complexity index is 730. The van der Waals surface area contributed by atoms with Crippen LogP contribution in [-0.2, 0) is 11.2 Å². The lowest BCUT2D eigenvalue weighted by Crippen LogP contribution is -2.54. The van der Waals surface area contributed by atoms with Gasteiger partial charge < -0.3 is 5.32 Å². The number of fused-ring (bicyclic) bond motifs is 1. The lowest BCUT2D eigenvalue weighted by atomic mass is 9.49. The predicted molar refractivity (Wildman–Crippen MR) is 101 cm³/mol. The van der Waals surface area contributed by atoms with E-state index < -0.39 is 0 Å². The van der Waals surface area contributed by atoms with E-state index in [0.29, 0.717) is 5.91 Å². The smallest absolute Gasteiger partial charge is 0.226 e. The Morgan fingerprint density at radius 3 is 2.31 bits per heavy atom. The van der Waals surface area contributed by atoms with Crippen LogP contribution in [0.5, 0.6) is 0 Å². The summed E-state index contributed by atoms with van der Waals surface area (Å²) in [6.45, 7) is 1.62. The number of nitrogens with one attached hydrogen (secondary N) is 1. The fourth-order valence-corrected chi connectivity index (χ4v) is 6.88. The van der Waals surface area contributed by atoms with Gasteiger partial charge >= 0.3 is 0 Å². The summed E-state index contributed by atoms with van der Waals surface area (Å²) in [5, 5.41) is 3.46. The molecule has 5 aliphatic rings. The normalized spacial score (nSPS) is 37.3. The monoisotopic (exact) mass is 351 g/mol. The molecule has 1 aromatic carbocycles. The quantitative estimate of drug-likeness (QED) is 0.809. The van der Waals surface area contributed by atoms with E-state index in [1.165, 1.54) is 30.4 Å². The molecule has 4 fully saturated rings. The lowest BCUT2D eigenvalue weighted by Gasteiger charge is -2.56. The number of hydrogen-bond acceptors (Lipinski definition) is 2. The molecular formula is C23H29NO2. The molecular weight excluding hydrogens is 322 g/mol. The average molecular weight is 351 g/mol. The van der Waals surface area contributed by atoms with Crippen molar-refractivity contribution < 1.29 is 9.59 Å². The topological polar surface area (TPSA) is 46.2 Å². The summed E-state index contributed by atoms with van der Waals surface area (Å²) in [4.78, 5) is 25.1. The molecule has 4 saturated carbocycles. The highest BCUT2D eigenvalue weighted by molar-refractivity contribution is 5.94. The Morgan fingerprint density at radius 2 is 1.69 bits per heavy atom. The lowest BCUT2D eigenvalue weighted by molar-refractivity contribution is -0.147. The molecule has 1 aromatic rings. The minimum atomic E-state index is -0.0777. The van der Waals surface area contributed by atoms with Crippen LogP contribution >= 0.6 is 0 Å². The maximum Gasteiger partial charge on any atom is 0.226 e. The summed E-state index contributed by atoms with van der Waals surface area (Å²) in [5.74, 6) is 2.83. The molecule has 0 aliphatic heterocycles. The number of benzene rings is 1. The molecule has 1 amide bonds. The van der Waals surface area contributed by atoms with Gasteiger partial charge in [-0.15, -0.1) is 0 Å². The number of hydrogen-bond donors (Lipinski definition) is 1. The highest BCUT2D eigenvalue weighted by Crippen LogP contribution is 2.60. The number of rotatable bonds is 3. The number of carbonyl (C=O) groups is 2. The molecule has 1 N–H and O–H groups in total. The van der Waals surface area contributed by atoms with Crippen LogP contribution in [-0.4, -0.2) is 11.7 Å². The van der Waals surface area contributed by atoms with Gasteiger partial charge in [0.25, 0.3) is 0 Å². The molecule has 6 rings (SSSR count). The van der Waals surface area contributed by atoms with Crippen molar-refractivity contribution in [3.63, 3.8) is 0 Å². The van der Waals surface area contributed by atoms with Crippen molar-refractivity contribution in [3.8, 4) is 0 Å². The van der Waals surface area contributed by atoms with Crippen molar-refractivity contribution in [3.05, 3.63) is 34.9 Å². The zero-order valence-electron chi connectivity index (χ0n) is 15.7. The molecule has 3 nitrogen and oxygen atoms in total. The molecule has 26 heavy (non-hydrogen) atoms. The molecule has 5 aliphatic carbocycles. The minimum Gasteiger partial charge on any atom is -0.349 e. The first-order valence-electron chi connectivity index (χ1n) is 10.5. The first-order chi connectivity index (χ1) is 12.5. The van der Waals surface area contributed by atoms with Gasteiger partial charge in [0.2, 0.25) is 5.91 Å². The zero-order chi connectivity index (χ0) is 17.9. The van der Waals surface area contributed by atoms with Gasteiger partial charge in [-0.1, -0.05) is 12.1 Å². The van der Waals surface area contributed by atoms with E-state index in [9.17, 15) is 9.59 Å². The number of ketones is 1. The molecule has 138 valence electrons. The molecule has 1 unspecified atom stereocenters. The maximum atomic E-state index is 13.4. The van der Waals surface area contributed by atoms with Gasteiger partial charge in [0.05, 0.1) is 6.04 Å². The third-order valence-corrected chi connectivity index (χ3v) is 7.69. The van der Waals surface area contributed by atoms with Crippen LogP contribution in [0.2, 0.25) is 0 Å². The van der Waals surface area contributed by atoms with Gasteiger partial charge in [0, 0.05) is 11.0 Å². The second kappa shape index (κ2) is 5.94. The van der Waals surface area contributed by atoms with Gasteiger partial charge in [0.15, 0.2) is 5.78 Å². The van der Waals surface area contributed by atoms with E-state index in [0.717, 1.165) is 61.8 Å². The Hall–Kier alpha value is -1.64. The minimum absolute atomic E-state index is 0.0777. The molecule has 1 atom stereocenters. The SMILES string of the molecule is CC(=O)c1ccc2c(c1)CCCC2NC(=O)C12CC3CC(CC(C3)C1)C2. The third-order valence-electron chi connectivity index (χ3n) is 7.69. The second-order valence-corrected chi connectivity index (χ2v) is 9.59. The number of Topliss-reactive ketones (excluding diaryl/α,β-unsaturated/α-hetero) is 1. The van der Waals surface area contributed by atoms with Crippen LogP contribution < -0.4 is 5.32 Å². The van der Waals surface area contributed by atoms with Crippen LogP contribution in [0.15, 0.2) is 18.2 Å². The third kappa shape index (κ3) is 2.62. The molecule has 4 bridgehead atoms. The fraction of sp³-hybridized carbons (Fsp3) is 0.652. The van der Waals surface area contributed by atoms with Gasteiger partial charge in [-0.2, -0.15) is 0 Å². The summed E-state index contributed by atoms with van der Waals surface area (Å²) in [6.07, 6.45) is 10.6. The Kier molecular flexibility index (Phi) is 3.77. The number of amides is 1. The van der Waals surface area contributed by atoms with E-state index >= 15 is 0 Å². The van der Waals surface area contributed by atoms with Crippen molar-refractivity contribution in [2.45, 2.75) is 70.8 Å². The number of carbonyl (C=O) groups excluding carboxylic acids is 2. The molecule has 3 heteroatoms. The van der Waals surface area contributed by atoms with E-state index in [1.807, 2.05) is 12.1 Å². The molecule has 0 saturated heterocycles. The second-order valence-electron chi connectivity index (χ2n) is 9.59. The van der Waals surface area contributed by atoms with E-state index in [-0.39, 0.29) is 17.2 Å². The van der Waals surface area contributed by atoms with Crippen LogP contribution in [0, 0.1) is 23.2 Å². The predicted octanol–water partition coefficient (Wildman–Crippen LogP) is 4.60. The van der Waals surface area contributed by atoms with Crippen LogP contribution in [0.1, 0.15) is 85.8 Å². The summed E-state index contributed by atoms with van der Waals surface area (Å²) in [7, 11) is 0. The van der Waals surface area contributed by atoms with E-state index in [4.69, 9.17) is 0 Å². The van der Waals surface area contributed by atoms with Crippen molar-refractivity contribution >= 4 is 11.7 Å². The molecule has 0 spiro atoms. The Labute approximate surface area is 155 Å². The van der Waals surface area contributed by atoms with Crippen LogP contribution in [0.4, 0.5) is 0 Å². The van der Waals surface area contributed by atoms with Gasteiger partial charge in [-0.25, -0.2) is 0 Å². The Morgan fingerprint density at radius 1 is 1.04 bits per heavy atom. The van der Waals surface area contributed by atoms with Crippen LogP contribution in [0.3, 0.4) is 0 Å². The van der Waals surface area contributed by atoms with Gasteiger partial charge in [-0.05, 0) is 99.7 Å². The summed E-state index contributed by atoms with van der Waals surface area (Å²) < 4.78 is 0. The maximum absolute atomic E-state index is 13.4. The summed E-state index contributed by atoms with van der Waals surface area (Å²) in [5.41, 5.74) is 3.20. The largest absolute Gasteiger partial charge is 0.349 e. The molecule has 0 aromatic heterocycles. The van der Waals surface area contributed by atoms with Gasteiger partial charge in [-0.3, -0.25) is 9.59 Å². The standard InChI is InChI=1S/C23H29NO2/c1-14(25)18-5-6-20-19(10-18)3-2-4-21(20)24-22(26)23-11-15-7-16(12-23)9-17(8-15)13-23/h5-6,10,15-17,21H,2-4,7-9,11-13H2,1H3,(H,24,26). The number of aryl methyl sites for hydroxylation is 1. The Balaban J connectivity index is 1.38. The average Bonchev–Trinajstić information content (AvgIpc) is 2.60. The summed E-state index contributed by atoms with van der Waals surface area (Å²) in [6, 6.07) is 6.17. The van der Waals surface area contributed by atoms with Crippen molar-refractivity contribution in [2.75, 3.05) is 0 Å². The van der Waals surface area contributed by atoms with Gasteiger partial charge in [0.1, 0.15) is 0 Å². The first kappa shape index (κ1) is 16.5. The summed E-state index contributed by atoms with van der Waals surface area (Å²) >= 11 is 0.